The van der Waals surface area contributed by atoms with E-state index in [9.17, 15) is 9.18 Å². The first-order valence-corrected chi connectivity index (χ1v) is 8.83. The van der Waals surface area contributed by atoms with Crippen LogP contribution in [0.15, 0.2) is 36.5 Å². The van der Waals surface area contributed by atoms with Crippen molar-refractivity contribution in [3.8, 4) is 11.6 Å². The minimum atomic E-state index is -0.718. The topological polar surface area (TPSA) is 65.2 Å². The third-order valence-electron chi connectivity index (χ3n) is 5.66. The lowest BCUT2D eigenvalue weighted by molar-refractivity contribution is 0.0999. The molecule has 0 saturated heterocycles. The van der Waals surface area contributed by atoms with Crippen LogP contribution in [0.5, 0.6) is 11.6 Å². The average molecular weight is 340 g/mol. The molecule has 130 valence electrons. The zero-order valence-electron chi connectivity index (χ0n) is 14.0. The van der Waals surface area contributed by atoms with Gasteiger partial charge in [-0.25, -0.2) is 9.37 Å². The summed E-state index contributed by atoms with van der Waals surface area (Å²) in [4.78, 5) is 14.9. The van der Waals surface area contributed by atoms with E-state index in [1.807, 2.05) is 12.1 Å². The average Bonchev–Trinajstić information content (AvgIpc) is 2.65. The lowest BCUT2D eigenvalue weighted by Gasteiger charge is -2.42. The van der Waals surface area contributed by atoms with Crippen LogP contribution in [-0.4, -0.2) is 10.9 Å². The molecule has 1 atom stereocenters. The Labute approximate surface area is 146 Å². The number of nitrogens with zero attached hydrogens (tertiary/aromatic N) is 1. The predicted molar refractivity (Wildman–Crippen MR) is 92.0 cm³/mol. The maximum atomic E-state index is 14.0. The van der Waals surface area contributed by atoms with E-state index >= 15 is 0 Å². The van der Waals surface area contributed by atoms with Crippen LogP contribution in [0.4, 0.5) is 4.39 Å². The molecule has 3 saturated carbocycles. The summed E-state index contributed by atoms with van der Waals surface area (Å²) < 4.78 is 19.5. The minimum Gasteiger partial charge on any atom is -0.436 e. The summed E-state index contributed by atoms with van der Waals surface area (Å²) in [5.74, 6) is 1.28. The normalized spacial score (nSPS) is 24.9. The number of ether oxygens (including phenoxy) is 1. The van der Waals surface area contributed by atoms with Crippen molar-refractivity contribution in [2.45, 2.75) is 38.0 Å². The van der Waals surface area contributed by atoms with Crippen molar-refractivity contribution in [3.63, 3.8) is 0 Å². The Balaban J connectivity index is 1.48. The fourth-order valence-corrected chi connectivity index (χ4v) is 4.32. The molecule has 2 aromatic rings. The van der Waals surface area contributed by atoms with Gasteiger partial charge in [0, 0.05) is 6.20 Å². The van der Waals surface area contributed by atoms with Crippen LogP contribution in [-0.2, 0) is 0 Å². The van der Waals surface area contributed by atoms with Gasteiger partial charge < -0.3 is 10.5 Å². The predicted octanol–water partition coefficient (Wildman–Crippen LogP) is 4.41. The third kappa shape index (κ3) is 3.23. The molecule has 5 rings (SSSR count). The number of carbonyl (C=O) groups excluding carboxylic acids is 1. The van der Waals surface area contributed by atoms with Gasteiger partial charge in [-0.3, -0.25) is 4.79 Å². The van der Waals surface area contributed by atoms with Crippen molar-refractivity contribution < 1.29 is 13.9 Å². The number of fused-ring (bicyclic) bond motifs is 3. The van der Waals surface area contributed by atoms with Gasteiger partial charge in [-0.2, -0.15) is 0 Å². The Hall–Kier alpha value is -2.43. The van der Waals surface area contributed by atoms with Gasteiger partial charge in [0.2, 0.25) is 5.91 Å². The van der Waals surface area contributed by atoms with Crippen molar-refractivity contribution in [2.24, 2.45) is 17.6 Å². The second-order valence-electron chi connectivity index (χ2n) is 7.17. The molecule has 1 unspecified atom stereocenters. The van der Waals surface area contributed by atoms with Crippen molar-refractivity contribution in [1.82, 2.24) is 4.98 Å². The number of carbonyl (C=O) groups is 1. The Morgan fingerprint density at radius 1 is 1.16 bits per heavy atom. The summed E-state index contributed by atoms with van der Waals surface area (Å²) in [6, 6.07) is 8.92. The SMILES string of the molecule is NC(=O)c1cnc(Oc2ccc(C3CC4CCC3CC4)cc2)c(F)c1. The summed E-state index contributed by atoms with van der Waals surface area (Å²) in [6.07, 6.45) is 7.95. The zero-order valence-corrected chi connectivity index (χ0v) is 14.0. The second kappa shape index (κ2) is 6.47. The highest BCUT2D eigenvalue weighted by molar-refractivity contribution is 5.92. The van der Waals surface area contributed by atoms with Crippen LogP contribution in [0.3, 0.4) is 0 Å². The van der Waals surface area contributed by atoms with Crippen LogP contribution in [0, 0.1) is 17.7 Å². The van der Waals surface area contributed by atoms with Gasteiger partial charge in [-0.05, 0) is 60.8 Å². The molecule has 2 bridgehead atoms. The van der Waals surface area contributed by atoms with E-state index in [2.05, 4.69) is 17.1 Å². The number of amides is 1. The largest absolute Gasteiger partial charge is 0.436 e. The number of nitrogens with two attached hydrogens (primary N) is 1. The lowest BCUT2D eigenvalue weighted by atomic mass is 9.63. The van der Waals surface area contributed by atoms with Crippen LogP contribution in [0.25, 0.3) is 0 Å². The highest BCUT2D eigenvalue weighted by atomic mass is 19.1. The van der Waals surface area contributed by atoms with E-state index in [0.717, 1.165) is 17.9 Å². The molecule has 1 aromatic heterocycles. The maximum Gasteiger partial charge on any atom is 0.255 e. The number of pyridine rings is 1. The summed E-state index contributed by atoms with van der Waals surface area (Å²) in [5.41, 5.74) is 6.48. The molecule has 1 amide bonds. The molecule has 0 radical (unpaired) electrons. The molecule has 0 spiro atoms. The number of benzene rings is 1. The monoisotopic (exact) mass is 340 g/mol. The third-order valence-corrected chi connectivity index (χ3v) is 5.66. The van der Waals surface area contributed by atoms with E-state index in [1.54, 1.807) is 0 Å². The zero-order chi connectivity index (χ0) is 17.4. The van der Waals surface area contributed by atoms with Crippen LogP contribution < -0.4 is 10.5 Å². The fraction of sp³-hybridized carbons (Fsp3) is 0.400. The van der Waals surface area contributed by atoms with E-state index in [0.29, 0.717) is 11.7 Å². The van der Waals surface area contributed by atoms with E-state index in [4.69, 9.17) is 10.5 Å². The molecule has 25 heavy (non-hydrogen) atoms. The smallest absolute Gasteiger partial charge is 0.255 e. The van der Waals surface area contributed by atoms with Crippen LogP contribution >= 0.6 is 0 Å². The summed E-state index contributed by atoms with van der Waals surface area (Å²) in [7, 11) is 0. The molecule has 4 nitrogen and oxygen atoms in total. The molecule has 2 N–H and O–H groups in total. The first kappa shape index (κ1) is 16.1. The standard InChI is InChI=1S/C20H21FN2O2/c21-18-10-15(19(22)24)11-23-20(18)25-16-7-5-14(6-8-16)17-9-12-1-3-13(17)4-2-12/h5-8,10-13,17H,1-4,9H2,(H2,22,24). The molecule has 0 aliphatic heterocycles. The van der Waals surface area contributed by atoms with Gasteiger partial charge in [0.1, 0.15) is 5.75 Å². The van der Waals surface area contributed by atoms with Gasteiger partial charge in [0.25, 0.3) is 5.88 Å². The Kier molecular flexibility index (Phi) is 4.15. The molecule has 1 heterocycles. The van der Waals surface area contributed by atoms with Gasteiger partial charge >= 0.3 is 0 Å². The molecule has 5 heteroatoms. The number of hydrogen-bond acceptors (Lipinski definition) is 3. The van der Waals surface area contributed by atoms with Crippen molar-refractivity contribution in [2.75, 3.05) is 0 Å². The van der Waals surface area contributed by atoms with Crippen LogP contribution in [0.1, 0.15) is 53.9 Å². The maximum absolute atomic E-state index is 14.0. The first-order chi connectivity index (χ1) is 12.1. The summed E-state index contributed by atoms with van der Waals surface area (Å²) in [5, 5.41) is 0. The number of rotatable bonds is 4. The Bertz CT molecular complexity index is 783. The quantitative estimate of drug-likeness (QED) is 0.897. The van der Waals surface area contributed by atoms with E-state index in [1.165, 1.54) is 43.9 Å². The number of aromatic nitrogens is 1. The lowest BCUT2D eigenvalue weighted by Crippen LogP contribution is -2.29. The molecule has 3 fully saturated rings. The van der Waals surface area contributed by atoms with E-state index < -0.39 is 11.7 Å². The van der Waals surface area contributed by atoms with Gasteiger partial charge in [0.05, 0.1) is 5.56 Å². The number of halogens is 1. The molecule has 3 aliphatic rings. The van der Waals surface area contributed by atoms with Crippen molar-refractivity contribution in [1.29, 1.82) is 0 Å². The number of primary amides is 1. The van der Waals surface area contributed by atoms with Gasteiger partial charge in [0.15, 0.2) is 5.82 Å². The molecule has 1 aromatic carbocycles. The molecule has 3 aliphatic carbocycles. The highest BCUT2D eigenvalue weighted by Gasteiger charge is 2.36. The summed E-state index contributed by atoms with van der Waals surface area (Å²) >= 11 is 0. The van der Waals surface area contributed by atoms with Gasteiger partial charge in [-0.15, -0.1) is 0 Å². The Morgan fingerprint density at radius 3 is 2.44 bits per heavy atom. The van der Waals surface area contributed by atoms with Crippen molar-refractivity contribution in [3.05, 3.63) is 53.5 Å². The molecular formula is C20H21FN2O2. The fourth-order valence-electron chi connectivity index (χ4n) is 4.32. The highest BCUT2D eigenvalue weighted by Crippen LogP contribution is 2.49. The number of hydrogen-bond donors (Lipinski definition) is 1. The molecular weight excluding hydrogens is 319 g/mol. The second-order valence-corrected chi connectivity index (χ2v) is 7.17. The van der Waals surface area contributed by atoms with Crippen molar-refractivity contribution >= 4 is 5.91 Å². The van der Waals surface area contributed by atoms with Crippen LogP contribution in [0.2, 0.25) is 0 Å². The van der Waals surface area contributed by atoms with Gasteiger partial charge in [-0.1, -0.05) is 25.0 Å². The van der Waals surface area contributed by atoms with E-state index in [-0.39, 0.29) is 11.4 Å². The minimum absolute atomic E-state index is 0.0209. The summed E-state index contributed by atoms with van der Waals surface area (Å²) in [6.45, 7) is 0. The Morgan fingerprint density at radius 2 is 1.88 bits per heavy atom. The first-order valence-electron chi connectivity index (χ1n) is 8.83.